The molecule has 16 heavy (non-hydrogen) atoms. The number of carbonyl (C=O) groups excluding carboxylic acids is 1. The lowest BCUT2D eigenvalue weighted by molar-refractivity contribution is 0.0893. The lowest BCUT2D eigenvalue weighted by Crippen LogP contribution is -2.14. The molecule has 2 nitrogen and oxygen atoms in total. The molecule has 0 aliphatic rings. The summed E-state index contributed by atoms with van der Waals surface area (Å²) in [5, 5.41) is 0.643. The van der Waals surface area contributed by atoms with Gasteiger partial charge in [-0.15, -0.1) is 0 Å². The van der Waals surface area contributed by atoms with E-state index in [0.717, 1.165) is 17.5 Å². The summed E-state index contributed by atoms with van der Waals surface area (Å²) in [6.45, 7) is 4.40. The molecule has 0 fully saturated rings. The van der Waals surface area contributed by atoms with E-state index in [4.69, 9.17) is 16.3 Å². The molecule has 88 valence electrons. The smallest absolute Gasteiger partial charge is 0.166 e. The zero-order valence-electron chi connectivity index (χ0n) is 9.92. The molecule has 0 heterocycles. The third-order valence-corrected chi connectivity index (χ3v) is 3.15. The Bertz CT molecular complexity index is 374. The van der Waals surface area contributed by atoms with Gasteiger partial charge in [0.2, 0.25) is 0 Å². The molecule has 0 radical (unpaired) electrons. The van der Waals surface area contributed by atoms with Crippen LogP contribution in [0.4, 0.5) is 0 Å². The van der Waals surface area contributed by atoms with Crippen molar-refractivity contribution in [2.45, 2.75) is 20.3 Å². The van der Waals surface area contributed by atoms with E-state index in [-0.39, 0.29) is 11.7 Å². The Hall–Kier alpha value is -0.860. The summed E-state index contributed by atoms with van der Waals surface area (Å²) in [7, 11) is 1.64. The standard InChI is InChI=1S/C13H17ClO2/c1-9(7-8-16-3)13(15)11-5-4-6-12(14)10(11)2/h4-6,9H,7-8H2,1-3H3. The van der Waals surface area contributed by atoms with Crippen LogP contribution in [0.15, 0.2) is 18.2 Å². The number of ether oxygens (including phenoxy) is 1. The largest absolute Gasteiger partial charge is 0.385 e. The van der Waals surface area contributed by atoms with Crippen molar-refractivity contribution < 1.29 is 9.53 Å². The molecule has 1 rings (SSSR count). The van der Waals surface area contributed by atoms with E-state index in [0.29, 0.717) is 11.6 Å². The van der Waals surface area contributed by atoms with Crippen LogP contribution in [0.25, 0.3) is 0 Å². The third-order valence-electron chi connectivity index (χ3n) is 2.74. The fraction of sp³-hybridized carbons (Fsp3) is 0.462. The van der Waals surface area contributed by atoms with Gasteiger partial charge in [0, 0.05) is 30.2 Å². The predicted molar refractivity (Wildman–Crippen MR) is 66.2 cm³/mol. The Morgan fingerprint density at radius 2 is 2.19 bits per heavy atom. The lowest BCUT2D eigenvalue weighted by atomic mass is 9.94. The van der Waals surface area contributed by atoms with Crippen molar-refractivity contribution in [3.05, 3.63) is 34.3 Å². The average molecular weight is 241 g/mol. The summed E-state index contributed by atoms with van der Waals surface area (Å²) in [5.41, 5.74) is 1.58. The number of benzene rings is 1. The molecule has 3 heteroatoms. The molecule has 0 aliphatic heterocycles. The van der Waals surface area contributed by atoms with Crippen LogP contribution >= 0.6 is 11.6 Å². The maximum absolute atomic E-state index is 12.1. The van der Waals surface area contributed by atoms with E-state index in [1.165, 1.54) is 0 Å². The van der Waals surface area contributed by atoms with Crippen LogP contribution in [0.1, 0.15) is 29.3 Å². The van der Waals surface area contributed by atoms with Gasteiger partial charge in [0.15, 0.2) is 5.78 Å². The van der Waals surface area contributed by atoms with Crippen LogP contribution in [-0.2, 0) is 4.74 Å². The van der Waals surface area contributed by atoms with Gasteiger partial charge in [0.1, 0.15) is 0 Å². The molecule has 0 N–H and O–H groups in total. The average Bonchev–Trinajstić information content (AvgIpc) is 2.28. The Balaban J connectivity index is 2.84. The van der Waals surface area contributed by atoms with Crippen LogP contribution in [0.3, 0.4) is 0 Å². The van der Waals surface area contributed by atoms with Crippen LogP contribution in [0.5, 0.6) is 0 Å². The van der Waals surface area contributed by atoms with Gasteiger partial charge in [0.25, 0.3) is 0 Å². The third kappa shape index (κ3) is 3.06. The van der Waals surface area contributed by atoms with Gasteiger partial charge < -0.3 is 4.74 Å². The van der Waals surface area contributed by atoms with Gasteiger partial charge in [0.05, 0.1) is 0 Å². The zero-order valence-corrected chi connectivity index (χ0v) is 10.7. The van der Waals surface area contributed by atoms with Crippen LogP contribution in [0.2, 0.25) is 5.02 Å². The highest BCUT2D eigenvalue weighted by Gasteiger charge is 2.17. The van der Waals surface area contributed by atoms with Gasteiger partial charge in [-0.05, 0) is 25.0 Å². The SMILES string of the molecule is COCCC(C)C(=O)c1cccc(Cl)c1C. The molecule has 0 aromatic heterocycles. The molecule has 0 bridgehead atoms. The first-order valence-corrected chi connectivity index (χ1v) is 5.74. The van der Waals surface area contributed by atoms with Crippen molar-refractivity contribution in [2.24, 2.45) is 5.92 Å². The van der Waals surface area contributed by atoms with Crippen molar-refractivity contribution in [3.63, 3.8) is 0 Å². The van der Waals surface area contributed by atoms with E-state index in [9.17, 15) is 4.79 Å². The van der Waals surface area contributed by atoms with Crippen molar-refractivity contribution in [3.8, 4) is 0 Å². The number of rotatable bonds is 5. The molecule has 1 aromatic carbocycles. The molecule has 1 aromatic rings. The van der Waals surface area contributed by atoms with Crippen molar-refractivity contribution in [1.82, 2.24) is 0 Å². The minimum absolute atomic E-state index is 0.0304. The quantitative estimate of drug-likeness (QED) is 0.737. The summed E-state index contributed by atoms with van der Waals surface area (Å²) < 4.78 is 4.97. The maximum Gasteiger partial charge on any atom is 0.166 e. The van der Waals surface area contributed by atoms with Crippen molar-refractivity contribution >= 4 is 17.4 Å². The molecular formula is C13H17ClO2. The first-order valence-electron chi connectivity index (χ1n) is 5.36. The lowest BCUT2D eigenvalue weighted by Gasteiger charge is -2.12. The summed E-state index contributed by atoms with van der Waals surface area (Å²) in [6, 6.07) is 5.44. The second-order valence-corrected chi connectivity index (χ2v) is 4.37. The van der Waals surface area contributed by atoms with E-state index >= 15 is 0 Å². The van der Waals surface area contributed by atoms with Crippen molar-refractivity contribution in [1.29, 1.82) is 0 Å². The predicted octanol–water partition coefficient (Wildman–Crippen LogP) is 3.50. The monoisotopic (exact) mass is 240 g/mol. The van der Waals surface area contributed by atoms with E-state index in [2.05, 4.69) is 0 Å². The number of carbonyl (C=O) groups is 1. The van der Waals surface area contributed by atoms with Gasteiger partial charge in [-0.1, -0.05) is 30.7 Å². The number of hydrogen-bond donors (Lipinski definition) is 0. The maximum atomic E-state index is 12.1. The van der Waals surface area contributed by atoms with E-state index < -0.39 is 0 Å². The molecule has 1 atom stereocenters. The number of halogens is 1. The number of hydrogen-bond acceptors (Lipinski definition) is 2. The van der Waals surface area contributed by atoms with Gasteiger partial charge in [-0.3, -0.25) is 4.79 Å². The Morgan fingerprint density at radius 3 is 2.81 bits per heavy atom. The first-order chi connectivity index (χ1) is 7.57. The molecular weight excluding hydrogens is 224 g/mol. The second-order valence-electron chi connectivity index (χ2n) is 3.96. The second kappa shape index (κ2) is 6.02. The summed E-state index contributed by atoms with van der Waals surface area (Å²) in [6.07, 6.45) is 0.737. The van der Waals surface area contributed by atoms with E-state index in [1.54, 1.807) is 13.2 Å². The number of ketones is 1. The minimum atomic E-state index is -0.0304. The molecule has 0 aliphatic carbocycles. The van der Waals surface area contributed by atoms with Gasteiger partial charge in [-0.2, -0.15) is 0 Å². The summed E-state index contributed by atoms with van der Waals surface area (Å²) in [4.78, 5) is 12.1. The number of methoxy groups -OCH3 is 1. The Kier molecular flexibility index (Phi) is 4.97. The van der Waals surface area contributed by atoms with Gasteiger partial charge >= 0.3 is 0 Å². The Labute approximate surface area is 102 Å². The number of Topliss-reactive ketones (excluding diaryl/α,β-unsaturated/α-hetero) is 1. The first kappa shape index (κ1) is 13.2. The molecule has 0 saturated heterocycles. The highest BCUT2D eigenvalue weighted by Crippen LogP contribution is 2.22. The topological polar surface area (TPSA) is 26.3 Å². The fourth-order valence-corrected chi connectivity index (χ4v) is 1.74. The fourth-order valence-electron chi connectivity index (χ4n) is 1.57. The highest BCUT2D eigenvalue weighted by atomic mass is 35.5. The molecule has 0 amide bonds. The van der Waals surface area contributed by atoms with Gasteiger partial charge in [-0.25, -0.2) is 0 Å². The summed E-state index contributed by atoms with van der Waals surface area (Å²) in [5.74, 6) is 0.106. The minimum Gasteiger partial charge on any atom is -0.385 e. The Morgan fingerprint density at radius 1 is 1.50 bits per heavy atom. The van der Waals surface area contributed by atoms with Crippen LogP contribution < -0.4 is 0 Å². The molecule has 1 unspecified atom stereocenters. The highest BCUT2D eigenvalue weighted by molar-refractivity contribution is 6.31. The normalized spacial score (nSPS) is 12.5. The van der Waals surface area contributed by atoms with E-state index in [1.807, 2.05) is 26.0 Å². The van der Waals surface area contributed by atoms with Crippen molar-refractivity contribution in [2.75, 3.05) is 13.7 Å². The summed E-state index contributed by atoms with van der Waals surface area (Å²) >= 11 is 5.99. The molecule has 0 spiro atoms. The molecule has 0 saturated carbocycles. The zero-order chi connectivity index (χ0) is 12.1. The van der Waals surface area contributed by atoms with Crippen LogP contribution in [0, 0.1) is 12.8 Å². The van der Waals surface area contributed by atoms with Crippen LogP contribution in [-0.4, -0.2) is 19.5 Å².